The standard InChI is InChI=1S/C5H6IN3/c1-2-6-3-5-4(1)7-9-8-5/h1-3,7-9H. The van der Waals surface area contributed by atoms with Gasteiger partial charge >= 0.3 is 0 Å². The minimum absolute atomic E-state index is 0.175. The quantitative estimate of drug-likeness (QED) is 0.521. The van der Waals surface area contributed by atoms with Gasteiger partial charge in [0, 0.05) is 0 Å². The number of nitrogens with one attached hydrogen (secondary N) is 3. The Balaban J connectivity index is 2.41. The first-order chi connectivity index (χ1) is 4.47. The van der Waals surface area contributed by atoms with Crippen molar-refractivity contribution >= 4 is 24.7 Å². The molecular weight excluding hydrogens is 229 g/mol. The first kappa shape index (κ1) is 5.43. The van der Waals surface area contributed by atoms with Gasteiger partial charge in [-0.15, -0.1) is 5.53 Å². The van der Waals surface area contributed by atoms with Crippen LogP contribution >= 0.6 is 20.7 Å². The Hall–Kier alpha value is -0.360. The average molecular weight is 235 g/mol. The normalized spacial score (nSPS) is 22.2. The van der Waals surface area contributed by atoms with Crippen molar-refractivity contribution in [2.45, 2.75) is 0 Å². The van der Waals surface area contributed by atoms with Crippen LogP contribution < -0.4 is 16.4 Å². The van der Waals surface area contributed by atoms with Crippen molar-refractivity contribution in [1.82, 2.24) is 16.4 Å². The van der Waals surface area contributed by atoms with E-state index in [-0.39, 0.29) is 20.7 Å². The molecule has 2 rings (SSSR count). The van der Waals surface area contributed by atoms with Crippen molar-refractivity contribution in [3.8, 4) is 0 Å². The van der Waals surface area contributed by atoms with E-state index in [0.717, 1.165) is 5.70 Å². The number of hydrazine groups is 2. The number of hydrogen-bond acceptors (Lipinski definition) is 3. The zero-order valence-electron chi connectivity index (χ0n) is 4.61. The second kappa shape index (κ2) is 2.11. The second-order valence-corrected chi connectivity index (χ2v) is 3.79. The Morgan fingerprint density at radius 2 is 2.11 bits per heavy atom. The molecule has 0 fully saturated rings. The van der Waals surface area contributed by atoms with Crippen molar-refractivity contribution in [3.63, 3.8) is 0 Å². The van der Waals surface area contributed by atoms with E-state index in [1.807, 2.05) is 0 Å². The highest BCUT2D eigenvalue weighted by Crippen LogP contribution is 2.13. The average Bonchev–Trinajstić information content (AvgIpc) is 2.33. The second-order valence-electron chi connectivity index (χ2n) is 1.73. The molecule has 2 aliphatic heterocycles. The van der Waals surface area contributed by atoms with Crippen LogP contribution in [0.5, 0.6) is 0 Å². The van der Waals surface area contributed by atoms with Crippen LogP contribution in [0.1, 0.15) is 0 Å². The van der Waals surface area contributed by atoms with Gasteiger partial charge in [-0.3, -0.25) is 0 Å². The summed E-state index contributed by atoms with van der Waals surface area (Å²) in [6.07, 6.45) is 2.11. The summed E-state index contributed by atoms with van der Waals surface area (Å²) in [7, 11) is 0. The van der Waals surface area contributed by atoms with Crippen LogP contribution in [0.15, 0.2) is 21.6 Å². The lowest BCUT2D eigenvalue weighted by Gasteiger charge is -1.96. The van der Waals surface area contributed by atoms with Crippen LogP contribution in [0.3, 0.4) is 0 Å². The zero-order chi connectivity index (χ0) is 6.10. The maximum atomic E-state index is 3.00. The molecule has 48 valence electrons. The predicted octanol–water partition coefficient (Wildman–Crippen LogP) is 0.111. The first-order valence-corrected chi connectivity index (χ1v) is 5.09. The summed E-state index contributed by atoms with van der Waals surface area (Å²) >= 11 is 0.175. The summed E-state index contributed by atoms with van der Waals surface area (Å²) in [5.41, 5.74) is 11.2. The molecular formula is C5H6IN3. The van der Waals surface area contributed by atoms with Gasteiger partial charge in [0.2, 0.25) is 0 Å². The highest BCUT2D eigenvalue weighted by Gasteiger charge is 2.08. The van der Waals surface area contributed by atoms with E-state index in [2.05, 4.69) is 30.6 Å². The van der Waals surface area contributed by atoms with Crippen molar-refractivity contribution in [3.05, 3.63) is 21.6 Å². The fraction of sp³-hybridized carbons (Fsp3) is 0. The lowest BCUT2D eigenvalue weighted by molar-refractivity contribution is 0.601. The number of halogens is 1. The largest absolute Gasteiger partial charge is 0.302 e. The van der Waals surface area contributed by atoms with Gasteiger partial charge in [-0.05, 0) is 14.2 Å². The van der Waals surface area contributed by atoms with Crippen LogP contribution in [0.25, 0.3) is 0 Å². The summed E-state index contributed by atoms with van der Waals surface area (Å²) in [6, 6.07) is 0. The molecule has 4 heteroatoms. The van der Waals surface area contributed by atoms with Crippen LogP contribution in [-0.4, -0.2) is 4.01 Å². The molecule has 3 N–H and O–H groups in total. The Labute approximate surface area is 62.9 Å². The number of hydrogen-bond donors (Lipinski definition) is 3. The molecule has 0 radical (unpaired) electrons. The van der Waals surface area contributed by atoms with Crippen LogP contribution in [0.2, 0.25) is 0 Å². The molecule has 0 saturated carbocycles. The third-order valence-electron chi connectivity index (χ3n) is 1.16. The lowest BCUT2D eigenvalue weighted by atomic mass is 10.4. The summed E-state index contributed by atoms with van der Waals surface area (Å²) in [4.78, 5) is 0. The molecule has 0 aliphatic carbocycles. The summed E-state index contributed by atoms with van der Waals surface area (Å²) < 4.78 is 4.46. The molecule has 3 nitrogen and oxygen atoms in total. The summed E-state index contributed by atoms with van der Waals surface area (Å²) in [5.74, 6) is 0. The molecule has 0 aromatic heterocycles. The van der Waals surface area contributed by atoms with Gasteiger partial charge in [-0.25, -0.2) is 0 Å². The molecule has 0 unspecified atom stereocenters. The van der Waals surface area contributed by atoms with Crippen LogP contribution in [0, 0.1) is 0 Å². The van der Waals surface area contributed by atoms with Gasteiger partial charge in [-0.1, -0.05) is 20.7 Å². The van der Waals surface area contributed by atoms with Crippen molar-refractivity contribution in [2.75, 3.05) is 0 Å². The minimum atomic E-state index is 0.175. The van der Waals surface area contributed by atoms with Gasteiger partial charge in [0.15, 0.2) is 0 Å². The SMILES string of the molecule is C1=CC2=C(C=I1)NNN2. The van der Waals surface area contributed by atoms with Gasteiger partial charge in [0.25, 0.3) is 0 Å². The van der Waals surface area contributed by atoms with E-state index in [9.17, 15) is 0 Å². The maximum Gasteiger partial charge on any atom is 0.0807 e. The number of rotatable bonds is 0. The molecule has 0 aromatic carbocycles. The Kier molecular flexibility index (Phi) is 1.27. The summed E-state index contributed by atoms with van der Waals surface area (Å²) in [5, 5.41) is 0. The van der Waals surface area contributed by atoms with E-state index in [0.29, 0.717) is 0 Å². The van der Waals surface area contributed by atoms with Crippen molar-refractivity contribution < 1.29 is 0 Å². The summed E-state index contributed by atoms with van der Waals surface area (Å²) in [6.45, 7) is 0. The van der Waals surface area contributed by atoms with Crippen LogP contribution in [0.4, 0.5) is 0 Å². The minimum Gasteiger partial charge on any atom is -0.302 e. The highest BCUT2D eigenvalue weighted by atomic mass is 127. The molecule has 0 atom stereocenters. The third-order valence-corrected chi connectivity index (χ3v) is 2.92. The predicted molar refractivity (Wildman–Crippen MR) is 45.7 cm³/mol. The lowest BCUT2D eigenvalue weighted by Crippen LogP contribution is -2.32. The van der Waals surface area contributed by atoms with Crippen LogP contribution in [-0.2, 0) is 0 Å². The number of allylic oxidation sites excluding steroid dienone is 2. The van der Waals surface area contributed by atoms with E-state index < -0.39 is 0 Å². The topological polar surface area (TPSA) is 36.1 Å². The molecule has 0 bridgehead atoms. The smallest absolute Gasteiger partial charge is 0.0807 e. The van der Waals surface area contributed by atoms with Gasteiger partial charge in [-0.2, -0.15) is 0 Å². The maximum absolute atomic E-state index is 3.00. The fourth-order valence-electron chi connectivity index (χ4n) is 0.717. The Morgan fingerprint density at radius 1 is 1.22 bits per heavy atom. The fourth-order valence-corrected chi connectivity index (χ4v) is 2.34. The Morgan fingerprint density at radius 3 is 3.00 bits per heavy atom. The monoisotopic (exact) mass is 235 g/mol. The third kappa shape index (κ3) is 0.878. The zero-order valence-corrected chi connectivity index (χ0v) is 6.77. The highest BCUT2D eigenvalue weighted by molar-refractivity contribution is 14.2. The molecule has 9 heavy (non-hydrogen) atoms. The molecule has 0 aromatic rings. The molecule has 2 heterocycles. The molecule has 0 saturated heterocycles. The van der Waals surface area contributed by atoms with E-state index >= 15 is 0 Å². The van der Waals surface area contributed by atoms with Gasteiger partial charge in [0.05, 0.1) is 11.4 Å². The van der Waals surface area contributed by atoms with Crippen molar-refractivity contribution in [1.29, 1.82) is 0 Å². The Bertz CT molecular complexity index is 194. The van der Waals surface area contributed by atoms with E-state index in [4.69, 9.17) is 0 Å². The van der Waals surface area contributed by atoms with E-state index in [1.165, 1.54) is 5.70 Å². The molecule has 0 amide bonds. The van der Waals surface area contributed by atoms with Gasteiger partial charge < -0.3 is 10.9 Å². The molecule has 0 spiro atoms. The molecule has 2 aliphatic rings. The first-order valence-electron chi connectivity index (χ1n) is 2.60. The van der Waals surface area contributed by atoms with Crippen molar-refractivity contribution in [2.24, 2.45) is 0 Å². The van der Waals surface area contributed by atoms with E-state index in [1.54, 1.807) is 0 Å². The van der Waals surface area contributed by atoms with Gasteiger partial charge in [0.1, 0.15) is 0 Å².